The number of carbonyl (C=O) groups excluding carboxylic acids is 1. The van der Waals surface area contributed by atoms with E-state index in [1.165, 1.54) is 10.4 Å². The molecule has 10 heteroatoms. The van der Waals surface area contributed by atoms with Crippen LogP contribution in [0.3, 0.4) is 0 Å². The fourth-order valence-electron chi connectivity index (χ4n) is 3.41. The average molecular weight is 434 g/mol. The second kappa shape index (κ2) is 10.00. The molecule has 0 saturated carbocycles. The molecular formula is C18H28ClN3O5S. The SMILES string of the molecule is CCc1ccc(C(=O)NCC2CNCC2O)cc1S(=O)(=O)N1CCOCC1.Cl. The van der Waals surface area contributed by atoms with Crippen LogP contribution in [0.5, 0.6) is 0 Å². The first-order chi connectivity index (χ1) is 12.9. The van der Waals surface area contributed by atoms with E-state index in [1.54, 1.807) is 12.1 Å². The molecule has 2 atom stereocenters. The zero-order chi connectivity index (χ0) is 19.4. The van der Waals surface area contributed by atoms with Crippen LogP contribution < -0.4 is 10.6 Å². The van der Waals surface area contributed by atoms with Crippen LogP contribution in [0.2, 0.25) is 0 Å². The number of nitrogens with one attached hydrogen (secondary N) is 2. The number of morpholine rings is 1. The molecule has 0 bridgehead atoms. The van der Waals surface area contributed by atoms with E-state index in [4.69, 9.17) is 4.74 Å². The van der Waals surface area contributed by atoms with Gasteiger partial charge in [-0.25, -0.2) is 8.42 Å². The minimum atomic E-state index is -3.68. The molecule has 8 nitrogen and oxygen atoms in total. The van der Waals surface area contributed by atoms with Crippen LogP contribution in [0.25, 0.3) is 0 Å². The molecule has 0 aromatic heterocycles. The smallest absolute Gasteiger partial charge is 0.251 e. The van der Waals surface area contributed by atoms with Gasteiger partial charge in [-0.15, -0.1) is 12.4 Å². The van der Waals surface area contributed by atoms with Gasteiger partial charge in [0.05, 0.1) is 24.2 Å². The highest BCUT2D eigenvalue weighted by molar-refractivity contribution is 7.89. The Morgan fingerprint density at radius 2 is 2.04 bits per heavy atom. The molecule has 158 valence electrons. The first-order valence-electron chi connectivity index (χ1n) is 9.31. The topological polar surface area (TPSA) is 108 Å². The quantitative estimate of drug-likeness (QED) is 0.583. The second-order valence-electron chi connectivity index (χ2n) is 6.89. The van der Waals surface area contributed by atoms with Crippen molar-refractivity contribution in [3.63, 3.8) is 0 Å². The summed E-state index contributed by atoms with van der Waals surface area (Å²) < 4.78 is 32.8. The third kappa shape index (κ3) is 5.03. The number of aryl methyl sites for hydroxylation is 1. The highest BCUT2D eigenvalue weighted by atomic mass is 35.5. The average Bonchev–Trinajstić information content (AvgIpc) is 3.11. The van der Waals surface area contributed by atoms with Crippen LogP contribution in [0.1, 0.15) is 22.8 Å². The molecule has 28 heavy (non-hydrogen) atoms. The normalized spacial score (nSPS) is 23.2. The number of hydrogen-bond acceptors (Lipinski definition) is 6. The number of β-amino-alcohol motifs (C(OH)–C–C–N with tert-alkyl or cyclic N) is 1. The summed E-state index contributed by atoms with van der Waals surface area (Å²) in [5.74, 6) is -0.379. The predicted octanol–water partition coefficient (Wildman–Crippen LogP) is 0.00180. The molecule has 2 saturated heterocycles. The van der Waals surface area contributed by atoms with E-state index in [0.717, 1.165) is 0 Å². The molecule has 3 N–H and O–H groups in total. The number of aliphatic hydroxyl groups is 1. The van der Waals surface area contributed by atoms with E-state index in [9.17, 15) is 18.3 Å². The molecule has 2 fully saturated rings. The molecule has 1 aromatic rings. The van der Waals surface area contributed by atoms with E-state index in [0.29, 0.717) is 63.5 Å². The molecular weight excluding hydrogens is 406 g/mol. The third-order valence-electron chi connectivity index (χ3n) is 5.13. The zero-order valence-corrected chi connectivity index (χ0v) is 17.5. The number of sulfonamides is 1. The first-order valence-corrected chi connectivity index (χ1v) is 10.7. The molecule has 2 aliphatic heterocycles. The van der Waals surface area contributed by atoms with Crippen molar-refractivity contribution in [2.45, 2.75) is 24.3 Å². The van der Waals surface area contributed by atoms with Crippen molar-refractivity contribution in [2.75, 3.05) is 45.9 Å². The Bertz CT molecular complexity index is 783. The van der Waals surface area contributed by atoms with Crippen LogP contribution in [-0.4, -0.2) is 75.8 Å². The van der Waals surface area contributed by atoms with Crippen molar-refractivity contribution in [3.05, 3.63) is 29.3 Å². The lowest BCUT2D eigenvalue weighted by molar-refractivity contribution is 0.0730. The minimum absolute atomic E-state index is 0. The van der Waals surface area contributed by atoms with Crippen molar-refractivity contribution >= 4 is 28.3 Å². The van der Waals surface area contributed by atoms with Gasteiger partial charge in [0.25, 0.3) is 5.91 Å². The van der Waals surface area contributed by atoms with Gasteiger partial charge in [0.1, 0.15) is 0 Å². The number of aliphatic hydroxyl groups excluding tert-OH is 1. The summed E-state index contributed by atoms with van der Waals surface area (Å²) >= 11 is 0. The summed E-state index contributed by atoms with van der Waals surface area (Å²) in [5.41, 5.74) is 0.993. The Morgan fingerprint density at radius 3 is 2.64 bits per heavy atom. The molecule has 0 aliphatic carbocycles. The number of ether oxygens (including phenoxy) is 1. The second-order valence-corrected chi connectivity index (χ2v) is 8.79. The maximum absolute atomic E-state index is 13.0. The highest BCUT2D eigenvalue weighted by Gasteiger charge is 2.29. The molecule has 3 rings (SSSR count). The zero-order valence-electron chi connectivity index (χ0n) is 15.9. The maximum Gasteiger partial charge on any atom is 0.251 e. The molecule has 0 spiro atoms. The fourth-order valence-corrected chi connectivity index (χ4v) is 5.13. The van der Waals surface area contributed by atoms with Crippen molar-refractivity contribution in [2.24, 2.45) is 5.92 Å². The van der Waals surface area contributed by atoms with E-state index in [2.05, 4.69) is 10.6 Å². The number of halogens is 1. The van der Waals surface area contributed by atoms with Crippen LogP contribution >= 0.6 is 12.4 Å². The monoisotopic (exact) mass is 433 g/mol. The Hall–Kier alpha value is -1.23. The van der Waals surface area contributed by atoms with Gasteiger partial charge in [0, 0.05) is 44.2 Å². The van der Waals surface area contributed by atoms with Gasteiger partial charge in [-0.1, -0.05) is 13.0 Å². The van der Waals surface area contributed by atoms with Crippen LogP contribution in [0.4, 0.5) is 0 Å². The van der Waals surface area contributed by atoms with Gasteiger partial charge in [0.2, 0.25) is 10.0 Å². The summed E-state index contributed by atoms with van der Waals surface area (Å²) in [6.07, 6.45) is 0.0748. The minimum Gasteiger partial charge on any atom is -0.391 e. The Balaban J connectivity index is 0.00000280. The molecule has 0 radical (unpaired) electrons. The lowest BCUT2D eigenvalue weighted by atomic mass is 10.1. The standard InChI is InChI=1S/C18H27N3O5S.ClH/c1-2-13-3-4-14(18(23)20-11-15-10-19-12-16(15)22)9-17(13)27(24,25)21-5-7-26-8-6-21;/h3-4,9,15-16,19,22H,2,5-8,10-12H2,1H3,(H,20,23);1H. The van der Waals surface area contributed by atoms with Gasteiger partial charge in [0.15, 0.2) is 0 Å². The molecule has 2 aliphatic rings. The fraction of sp³-hybridized carbons (Fsp3) is 0.611. The van der Waals surface area contributed by atoms with Gasteiger partial charge < -0.3 is 20.5 Å². The summed E-state index contributed by atoms with van der Waals surface area (Å²) in [4.78, 5) is 12.7. The molecule has 1 amide bonds. The van der Waals surface area contributed by atoms with Gasteiger partial charge in [-0.2, -0.15) is 4.31 Å². The lowest BCUT2D eigenvalue weighted by Crippen LogP contribution is -2.41. The van der Waals surface area contributed by atoms with Crippen molar-refractivity contribution < 1.29 is 23.1 Å². The number of benzene rings is 1. The predicted molar refractivity (Wildman–Crippen MR) is 107 cm³/mol. The summed E-state index contributed by atoms with van der Waals surface area (Å²) in [7, 11) is -3.68. The first kappa shape index (κ1) is 23.1. The largest absolute Gasteiger partial charge is 0.391 e. The van der Waals surface area contributed by atoms with Gasteiger partial charge in [-0.05, 0) is 24.1 Å². The Morgan fingerprint density at radius 1 is 1.32 bits per heavy atom. The summed E-state index contributed by atoms with van der Waals surface area (Å²) in [6, 6.07) is 4.81. The molecule has 2 unspecified atom stereocenters. The number of nitrogens with zero attached hydrogens (tertiary/aromatic N) is 1. The van der Waals surface area contributed by atoms with E-state index in [1.807, 2.05) is 6.92 Å². The van der Waals surface area contributed by atoms with E-state index < -0.39 is 16.1 Å². The van der Waals surface area contributed by atoms with Gasteiger partial charge >= 0.3 is 0 Å². The number of hydrogen-bond donors (Lipinski definition) is 3. The Kier molecular flexibility index (Phi) is 8.23. The lowest BCUT2D eigenvalue weighted by Gasteiger charge is -2.27. The molecule has 2 heterocycles. The van der Waals surface area contributed by atoms with Gasteiger partial charge in [-0.3, -0.25) is 4.79 Å². The van der Waals surface area contributed by atoms with Crippen LogP contribution in [0, 0.1) is 5.92 Å². The summed E-state index contributed by atoms with van der Waals surface area (Å²) in [6.45, 7) is 4.77. The number of amides is 1. The van der Waals surface area contributed by atoms with Crippen molar-refractivity contribution in [1.29, 1.82) is 0 Å². The third-order valence-corrected chi connectivity index (χ3v) is 7.11. The van der Waals surface area contributed by atoms with Crippen LogP contribution in [0.15, 0.2) is 23.1 Å². The number of rotatable bonds is 6. The molecule has 1 aromatic carbocycles. The summed E-state index contributed by atoms with van der Waals surface area (Å²) in [5, 5.41) is 15.7. The van der Waals surface area contributed by atoms with Crippen molar-refractivity contribution in [3.8, 4) is 0 Å². The highest BCUT2D eigenvalue weighted by Crippen LogP contribution is 2.23. The van der Waals surface area contributed by atoms with Crippen LogP contribution in [-0.2, 0) is 21.2 Å². The number of carbonyl (C=O) groups is 1. The van der Waals surface area contributed by atoms with E-state index in [-0.39, 0.29) is 29.1 Å². The maximum atomic E-state index is 13.0. The van der Waals surface area contributed by atoms with E-state index >= 15 is 0 Å². The van der Waals surface area contributed by atoms with Crippen molar-refractivity contribution in [1.82, 2.24) is 14.9 Å². The Labute approximate surface area is 172 Å².